The largest absolute Gasteiger partial charge is 0.320 e. The van der Waals surface area contributed by atoms with Gasteiger partial charge in [-0.05, 0) is 12.0 Å². The Balaban J connectivity index is 1.69. The molecule has 0 radical (unpaired) electrons. The van der Waals surface area contributed by atoms with Gasteiger partial charge in [-0.15, -0.1) is 0 Å². The molecule has 2 aliphatic rings. The molecule has 0 unspecified atom stereocenters. The van der Waals surface area contributed by atoms with Crippen LogP contribution in [-0.4, -0.2) is 48.1 Å². The SMILES string of the molecule is O=C1N(Cc2ccccc2)CC[C@H]2CNCCN12. The van der Waals surface area contributed by atoms with E-state index in [1.54, 1.807) is 0 Å². The number of hydrogen-bond acceptors (Lipinski definition) is 2. The molecule has 4 heteroatoms. The lowest BCUT2D eigenvalue weighted by Gasteiger charge is -2.44. The zero-order valence-corrected chi connectivity index (χ0v) is 10.5. The van der Waals surface area contributed by atoms with E-state index < -0.39 is 0 Å². The highest BCUT2D eigenvalue weighted by Crippen LogP contribution is 2.19. The summed E-state index contributed by atoms with van der Waals surface area (Å²) in [6.45, 7) is 4.31. The lowest BCUT2D eigenvalue weighted by Crippen LogP contribution is -2.61. The average Bonchev–Trinajstić information content (AvgIpc) is 2.43. The lowest BCUT2D eigenvalue weighted by molar-refractivity contribution is 0.0831. The first-order valence-corrected chi connectivity index (χ1v) is 6.65. The predicted octanol–water partition coefficient (Wildman–Crippen LogP) is 1.29. The molecule has 2 fully saturated rings. The number of carbonyl (C=O) groups excluding carboxylic acids is 1. The first kappa shape index (κ1) is 11.5. The molecule has 2 aliphatic heterocycles. The van der Waals surface area contributed by atoms with Crippen LogP contribution in [0.5, 0.6) is 0 Å². The van der Waals surface area contributed by atoms with Crippen LogP contribution in [0.4, 0.5) is 4.79 Å². The summed E-state index contributed by atoms with van der Waals surface area (Å²) in [4.78, 5) is 16.4. The average molecular weight is 245 g/mol. The Morgan fingerprint density at radius 3 is 2.89 bits per heavy atom. The number of carbonyl (C=O) groups is 1. The van der Waals surface area contributed by atoms with E-state index in [2.05, 4.69) is 17.4 Å². The molecular formula is C14H19N3O. The van der Waals surface area contributed by atoms with Crippen LogP contribution >= 0.6 is 0 Å². The fourth-order valence-corrected chi connectivity index (χ4v) is 2.80. The molecule has 0 saturated carbocycles. The number of nitrogens with zero attached hydrogens (tertiary/aromatic N) is 2. The van der Waals surface area contributed by atoms with Crippen LogP contribution in [0.3, 0.4) is 0 Å². The van der Waals surface area contributed by atoms with Gasteiger partial charge in [-0.25, -0.2) is 4.79 Å². The fraction of sp³-hybridized carbons (Fsp3) is 0.500. The van der Waals surface area contributed by atoms with Crippen molar-refractivity contribution in [1.82, 2.24) is 15.1 Å². The van der Waals surface area contributed by atoms with Gasteiger partial charge in [0.05, 0.1) is 0 Å². The van der Waals surface area contributed by atoms with Crippen LogP contribution in [0, 0.1) is 0 Å². The Labute approximate surface area is 108 Å². The van der Waals surface area contributed by atoms with E-state index in [0.717, 1.165) is 39.1 Å². The molecule has 0 bridgehead atoms. The Bertz CT molecular complexity index is 420. The molecular weight excluding hydrogens is 226 g/mol. The van der Waals surface area contributed by atoms with Crippen molar-refractivity contribution in [2.75, 3.05) is 26.2 Å². The van der Waals surface area contributed by atoms with Crippen LogP contribution in [0.15, 0.2) is 30.3 Å². The Kier molecular flexibility index (Phi) is 3.19. The van der Waals surface area contributed by atoms with Crippen molar-refractivity contribution in [3.63, 3.8) is 0 Å². The van der Waals surface area contributed by atoms with Crippen LogP contribution in [-0.2, 0) is 6.54 Å². The zero-order chi connectivity index (χ0) is 12.4. The van der Waals surface area contributed by atoms with E-state index in [1.165, 1.54) is 5.56 Å². The van der Waals surface area contributed by atoms with E-state index in [1.807, 2.05) is 28.0 Å². The minimum atomic E-state index is 0.205. The molecule has 1 aromatic carbocycles. The number of rotatable bonds is 2. The maximum absolute atomic E-state index is 12.4. The normalized spacial score (nSPS) is 24.0. The van der Waals surface area contributed by atoms with E-state index in [0.29, 0.717) is 6.04 Å². The van der Waals surface area contributed by atoms with Gasteiger partial charge in [0, 0.05) is 38.8 Å². The topological polar surface area (TPSA) is 35.6 Å². The summed E-state index contributed by atoms with van der Waals surface area (Å²) in [5.74, 6) is 0. The standard InChI is InChI=1S/C14H19N3O/c18-14-16(11-12-4-2-1-3-5-12)8-6-13-10-15-7-9-17(13)14/h1-5,13,15H,6-11H2/t13-/m0/s1. The van der Waals surface area contributed by atoms with Gasteiger partial charge in [-0.2, -0.15) is 0 Å². The summed E-state index contributed by atoms with van der Waals surface area (Å²) in [7, 11) is 0. The van der Waals surface area contributed by atoms with E-state index in [-0.39, 0.29) is 6.03 Å². The number of piperazine rings is 1. The quantitative estimate of drug-likeness (QED) is 0.852. The van der Waals surface area contributed by atoms with Gasteiger partial charge in [0.15, 0.2) is 0 Å². The number of nitrogens with one attached hydrogen (secondary N) is 1. The van der Waals surface area contributed by atoms with Gasteiger partial charge in [-0.1, -0.05) is 30.3 Å². The summed E-state index contributed by atoms with van der Waals surface area (Å²) in [5, 5.41) is 3.36. The Morgan fingerprint density at radius 2 is 2.06 bits per heavy atom. The van der Waals surface area contributed by atoms with Crippen LogP contribution in [0.2, 0.25) is 0 Å². The third-order valence-electron chi connectivity index (χ3n) is 3.81. The fourth-order valence-electron chi connectivity index (χ4n) is 2.80. The molecule has 1 aromatic rings. The first-order chi connectivity index (χ1) is 8.84. The number of benzene rings is 1. The summed E-state index contributed by atoms with van der Waals surface area (Å²) < 4.78 is 0. The number of fused-ring (bicyclic) bond motifs is 1. The Morgan fingerprint density at radius 1 is 1.22 bits per heavy atom. The summed E-state index contributed by atoms with van der Waals surface area (Å²) in [5.41, 5.74) is 1.21. The summed E-state index contributed by atoms with van der Waals surface area (Å²) in [6, 6.07) is 10.8. The van der Waals surface area contributed by atoms with Crippen LogP contribution < -0.4 is 5.32 Å². The second-order valence-electron chi connectivity index (χ2n) is 5.03. The minimum Gasteiger partial charge on any atom is -0.320 e. The van der Waals surface area contributed by atoms with Gasteiger partial charge < -0.3 is 15.1 Å². The molecule has 1 atom stereocenters. The van der Waals surface area contributed by atoms with Crippen molar-refractivity contribution >= 4 is 6.03 Å². The van der Waals surface area contributed by atoms with Crippen molar-refractivity contribution in [3.05, 3.63) is 35.9 Å². The molecule has 3 rings (SSSR count). The van der Waals surface area contributed by atoms with E-state index in [4.69, 9.17) is 0 Å². The molecule has 2 saturated heterocycles. The monoisotopic (exact) mass is 245 g/mol. The van der Waals surface area contributed by atoms with Crippen molar-refractivity contribution in [2.45, 2.75) is 19.0 Å². The van der Waals surface area contributed by atoms with Gasteiger partial charge in [0.25, 0.3) is 0 Å². The first-order valence-electron chi connectivity index (χ1n) is 6.65. The maximum atomic E-state index is 12.4. The van der Waals surface area contributed by atoms with Crippen molar-refractivity contribution in [1.29, 1.82) is 0 Å². The highest BCUT2D eigenvalue weighted by Gasteiger charge is 2.34. The van der Waals surface area contributed by atoms with Gasteiger partial charge in [-0.3, -0.25) is 0 Å². The van der Waals surface area contributed by atoms with Crippen LogP contribution in [0.1, 0.15) is 12.0 Å². The summed E-state index contributed by atoms with van der Waals surface area (Å²) >= 11 is 0. The zero-order valence-electron chi connectivity index (χ0n) is 10.5. The molecule has 1 N–H and O–H groups in total. The minimum absolute atomic E-state index is 0.205. The molecule has 96 valence electrons. The second-order valence-corrected chi connectivity index (χ2v) is 5.03. The predicted molar refractivity (Wildman–Crippen MR) is 70.2 cm³/mol. The highest BCUT2D eigenvalue weighted by atomic mass is 16.2. The van der Waals surface area contributed by atoms with Gasteiger partial charge >= 0.3 is 6.03 Å². The third kappa shape index (κ3) is 2.20. The molecule has 0 aliphatic carbocycles. The van der Waals surface area contributed by atoms with Gasteiger partial charge in [0.2, 0.25) is 0 Å². The van der Waals surface area contributed by atoms with Crippen molar-refractivity contribution in [2.24, 2.45) is 0 Å². The van der Waals surface area contributed by atoms with Crippen molar-refractivity contribution < 1.29 is 4.79 Å². The maximum Gasteiger partial charge on any atom is 0.320 e. The Hall–Kier alpha value is -1.55. The number of hydrogen-bond donors (Lipinski definition) is 1. The number of amides is 2. The smallest absolute Gasteiger partial charge is 0.320 e. The summed E-state index contributed by atoms with van der Waals surface area (Å²) in [6.07, 6.45) is 1.07. The molecule has 18 heavy (non-hydrogen) atoms. The number of urea groups is 1. The van der Waals surface area contributed by atoms with Crippen LogP contribution in [0.25, 0.3) is 0 Å². The second kappa shape index (κ2) is 4.98. The molecule has 4 nitrogen and oxygen atoms in total. The third-order valence-corrected chi connectivity index (χ3v) is 3.81. The molecule has 0 spiro atoms. The lowest BCUT2D eigenvalue weighted by atomic mass is 10.1. The molecule has 0 aromatic heterocycles. The highest BCUT2D eigenvalue weighted by molar-refractivity contribution is 5.75. The van der Waals surface area contributed by atoms with Crippen molar-refractivity contribution in [3.8, 4) is 0 Å². The molecule has 2 heterocycles. The van der Waals surface area contributed by atoms with E-state index in [9.17, 15) is 4.79 Å². The van der Waals surface area contributed by atoms with E-state index >= 15 is 0 Å². The van der Waals surface area contributed by atoms with Gasteiger partial charge in [0.1, 0.15) is 0 Å². The molecule has 2 amide bonds.